The molecule has 28 heavy (non-hydrogen) atoms. The van der Waals surface area contributed by atoms with E-state index in [1.807, 2.05) is 30.3 Å². The quantitative estimate of drug-likeness (QED) is 0.521. The molecule has 4 aromatic rings. The highest BCUT2D eigenvalue weighted by atomic mass is 16.3. The first kappa shape index (κ1) is 17.3. The smallest absolute Gasteiger partial charge is 0.141 e. The predicted octanol–water partition coefficient (Wildman–Crippen LogP) is 1.93. The van der Waals surface area contributed by atoms with E-state index in [2.05, 4.69) is 42.7 Å². The highest BCUT2D eigenvalue weighted by Gasteiger charge is 2.09. The van der Waals surface area contributed by atoms with Crippen molar-refractivity contribution in [3.63, 3.8) is 0 Å². The van der Waals surface area contributed by atoms with Gasteiger partial charge in [-0.05, 0) is 29.7 Å². The molecule has 0 saturated heterocycles. The van der Waals surface area contributed by atoms with Crippen molar-refractivity contribution >= 4 is 12.4 Å². The van der Waals surface area contributed by atoms with Crippen molar-refractivity contribution in [2.75, 3.05) is 0 Å². The number of rotatable bonds is 6. The van der Waals surface area contributed by atoms with E-state index < -0.39 is 0 Å². The Morgan fingerprint density at radius 1 is 0.750 bits per heavy atom. The van der Waals surface area contributed by atoms with Crippen LogP contribution in [0, 0.1) is 0 Å². The standard InChI is InChI=1S/C19H16N8O/c28-19-17(9-24-26-11-20-21-12-26)7-16(6-15-4-2-1-3-5-15)8-18(19)10-25-27-13-22-23-14-27/h1-5,7-14,28H,6H2/b24-9+,25-10+. The molecule has 138 valence electrons. The second-order valence-electron chi connectivity index (χ2n) is 5.96. The predicted molar refractivity (Wildman–Crippen MR) is 103 cm³/mol. The molecule has 0 bridgehead atoms. The minimum atomic E-state index is 0.0745. The maximum absolute atomic E-state index is 10.7. The van der Waals surface area contributed by atoms with Gasteiger partial charge in [0.05, 0.1) is 12.4 Å². The third-order valence-corrected chi connectivity index (χ3v) is 3.95. The number of hydrogen-bond acceptors (Lipinski definition) is 7. The summed E-state index contributed by atoms with van der Waals surface area (Å²) in [5.41, 5.74) is 3.30. The molecule has 2 aromatic carbocycles. The van der Waals surface area contributed by atoms with Crippen LogP contribution in [0.4, 0.5) is 0 Å². The molecule has 0 aliphatic carbocycles. The van der Waals surface area contributed by atoms with E-state index in [1.165, 1.54) is 34.7 Å². The SMILES string of the molecule is Oc1c(/C=N/n2cnnc2)cc(Cc2ccccc2)cc1/C=N/n1cnnc1. The van der Waals surface area contributed by atoms with Crippen molar-refractivity contribution in [1.82, 2.24) is 29.7 Å². The van der Waals surface area contributed by atoms with Gasteiger partial charge in [-0.25, -0.2) is 9.35 Å². The summed E-state index contributed by atoms with van der Waals surface area (Å²) in [5, 5.41) is 34.0. The van der Waals surface area contributed by atoms with E-state index in [1.54, 1.807) is 12.4 Å². The summed E-state index contributed by atoms with van der Waals surface area (Å²) < 4.78 is 2.91. The average Bonchev–Trinajstić information content (AvgIpc) is 3.42. The highest BCUT2D eigenvalue weighted by Crippen LogP contribution is 2.24. The van der Waals surface area contributed by atoms with E-state index in [4.69, 9.17) is 0 Å². The largest absolute Gasteiger partial charge is 0.507 e. The van der Waals surface area contributed by atoms with E-state index in [9.17, 15) is 5.11 Å². The lowest BCUT2D eigenvalue weighted by Gasteiger charge is -2.09. The fraction of sp³-hybridized carbons (Fsp3) is 0.0526. The van der Waals surface area contributed by atoms with E-state index in [0.29, 0.717) is 17.5 Å². The summed E-state index contributed by atoms with van der Waals surface area (Å²) in [4.78, 5) is 0. The summed E-state index contributed by atoms with van der Waals surface area (Å²) in [6.07, 6.45) is 9.70. The molecule has 2 aromatic heterocycles. The van der Waals surface area contributed by atoms with Gasteiger partial charge in [-0.2, -0.15) is 10.2 Å². The van der Waals surface area contributed by atoms with Crippen molar-refractivity contribution in [2.24, 2.45) is 10.2 Å². The Kier molecular flexibility index (Phi) is 4.96. The van der Waals surface area contributed by atoms with E-state index in [-0.39, 0.29) is 5.75 Å². The van der Waals surface area contributed by atoms with Crippen molar-refractivity contribution in [3.8, 4) is 5.75 Å². The molecule has 4 rings (SSSR count). The van der Waals surface area contributed by atoms with Crippen LogP contribution >= 0.6 is 0 Å². The molecule has 0 aliphatic rings. The molecule has 0 saturated carbocycles. The Bertz CT molecular complexity index is 1020. The first-order chi connectivity index (χ1) is 13.8. The van der Waals surface area contributed by atoms with Crippen molar-refractivity contribution in [3.05, 3.63) is 90.0 Å². The Labute approximate surface area is 160 Å². The third kappa shape index (κ3) is 4.15. The van der Waals surface area contributed by atoms with Crippen LogP contribution < -0.4 is 0 Å². The van der Waals surface area contributed by atoms with Crippen molar-refractivity contribution in [2.45, 2.75) is 6.42 Å². The van der Waals surface area contributed by atoms with E-state index >= 15 is 0 Å². The highest BCUT2D eigenvalue weighted by molar-refractivity contribution is 5.92. The normalized spacial score (nSPS) is 11.6. The van der Waals surface area contributed by atoms with Gasteiger partial charge in [0.1, 0.15) is 31.1 Å². The van der Waals surface area contributed by atoms with Gasteiger partial charge in [-0.3, -0.25) is 0 Å². The number of nitrogens with zero attached hydrogens (tertiary/aromatic N) is 8. The molecule has 0 unspecified atom stereocenters. The van der Waals surface area contributed by atoms with Crippen molar-refractivity contribution in [1.29, 1.82) is 0 Å². The maximum Gasteiger partial charge on any atom is 0.141 e. The first-order valence-electron chi connectivity index (χ1n) is 8.46. The second kappa shape index (κ2) is 8.04. The average molecular weight is 372 g/mol. The monoisotopic (exact) mass is 372 g/mol. The van der Waals surface area contributed by atoms with Crippen LogP contribution in [0.5, 0.6) is 5.75 Å². The van der Waals surface area contributed by atoms with Gasteiger partial charge in [0.25, 0.3) is 0 Å². The van der Waals surface area contributed by atoms with Gasteiger partial charge < -0.3 is 5.11 Å². The van der Waals surface area contributed by atoms with Crippen LogP contribution in [0.1, 0.15) is 22.3 Å². The van der Waals surface area contributed by atoms with Gasteiger partial charge in [0.15, 0.2) is 0 Å². The Morgan fingerprint density at radius 3 is 1.75 bits per heavy atom. The zero-order chi connectivity index (χ0) is 19.2. The molecule has 0 radical (unpaired) electrons. The van der Waals surface area contributed by atoms with Crippen LogP contribution in [0.2, 0.25) is 0 Å². The molecule has 0 spiro atoms. The number of benzene rings is 2. The minimum absolute atomic E-state index is 0.0745. The third-order valence-electron chi connectivity index (χ3n) is 3.95. The molecule has 9 heteroatoms. The molecule has 2 heterocycles. The van der Waals surface area contributed by atoms with Gasteiger partial charge >= 0.3 is 0 Å². The van der Waals surface area contributed by atoms with Crippen LogP contribution in [-0.4, -0.2) is 47.3 Å². The van der Waals surface area contributed by atoms with Gasteiger partial charge in [0, 0.05) is 11.1 Å². The molecule has 1 N–H and O–H groups in total. The molecular formula is C19H16N8O. The Hall–Kier alpha value is -4.14. The van der Waals surface area contributed by atoms with Gasteiger partial charge in [-0.15, -0.1) is 20.4 Å². The fourth-order valence-electron chi connectivity index (χ4n) is 2.64. The minimum Gasteiger partial charge on any atom is -0.507 e. The maximum atomic E-state index is 10.7. The Morgan fingerprint density at radius 2 is 1.25 bits per heavy atom. The van der Waals surface area contributed by atoms with Crippen LogP contribution in [-0.2, 0) is 6.42 Å². The summed E-state index contributed by atoms with van der Waals surface area (Å²) in [6, 6.07) is 13.9. The summed E-state index contributed by atoms with van der Waals surface area (Å²) >= 11 is 0. The fourth-order valence-corrected chi connectivity index (χ4v) is 2.64. The summed E-state index contributed by atoms with van der Waals surface area (Å²) in [6.45, 7) is 0. The van der Waals surface area contributed by atoms with Gasteiger partial charge in [0.2, 0.25) is 0 Å². The molecule has 0 amide bonds. The van der Waals surface area contributed by atoms with Crippen LogP contribution in [0.25, 0.3) is 0 Å². The number of aromatic hydroxyl groups is 1. The van der Waals surface area contributed by atoms with E-state index in [0.717, 1.165) is 11.1 Å². The molecular weight excluding hydrogens is 356 g/mol. The van der Waals surface area contributed by atoms with Crippen LogP contribution in [0.3, 0.4) is 0 Å². The zero-order valence-electron chi connectivity index (χ0n) is 14.7. The number of phenolic OH excluding ortho intramolecular Hbond substituents is 1. The number of aromatic nitrogens is 6. The van der Waals surface area contributed by atoms with Crippen LogP contribution in [0.15, 0.2) is 78.0 Å². The molecule has 0 fully saturated rings. The second-order valence-corrected chi connectivity index (χ2v) is 5.96. The Balaban J connectivity index is 1.70. The lowest BCUT2D eigenvalue weighted by Crippen LogP contribution is -1.98. The molecule has 0 atom stereocenters. The molecule has 9 nitrogen and oxygen atoms in total. The molecule has 0 aliphatic heterocycles. The number of hydrogen-bond donors (Lipinski definition) is 1. The summed E-state index contributed by atoms with van der Waals surface area (Å²) in [7, 11) is 0. The lowest BCUT2D eigenvalue weighted by molar-refractivity contribution is 0.473. The first-order valence-corrected chi connectivity index (χ1v) is 8.46. The number of phenols is 1. The zero-order valence-corrected chi connectivity index (χ0v) is 14.7. The summed E-state index contributed by atoms with van der Waals surface area (Å²) in [5.74, 6) is 0.0745. The van der Waals surface area contributed by atoms with Crippen molar-refractivity contribution < 1.29 is 5.11 Å². The topological polar surface area (TPSA) is 106 Å². The van der Waals surface area contributed by atoms with Gasteiger partial charge in [-0.1, -0.05) is 30.3 Å². The lowest BCUT2D eigenvalue weighted by atomic mass is 9.99.